The van der Waals surface area contributed by atoms with Gasteiger partial charge in [0.1, 0.15) is 74.9 Å². The normalized spacial score (nSPS) is 27.3. The van der Waals surface area contributed by atoms with Crippen LogP contribution >= 0.6 is 271 Å². The van der Waals surface area contributed by atoms with E-state index in [9.17, 15) is 99.8 Å². The Bertz CT molecular complexity index is 5120. The van der Waals surface area contributed by atoms with Crippen LogP contribution in [0.3, 0.4) is 0 Å². The highest BCUT2D eigenvalue weighted by atomic mass is 127. The van der Waals surface area contributed by atoms with E-state index in [1.807, 2.05) is 24.3 Å². The molecule has 0 radical (unpaired) electrons. The van der Waals surface area contributed by atoms with Gasteiger partial charge in [-0.25, -0.2) is 52.8 Å². The fourth-order valence-electron chi connectivity index (χ4n) is 16.1. The van der Waals surface area contributed by atoms with Crippen LogP contribution < -0.4 is 0 Å². The fraction of sp³-hybridized carbons (Fsp3) is 0.507. The van der Waals surface area contributed by atoms with E-state index < -0.39 is 227 Å². The summed E-state index contributed by atoms with van der Waals surface area (Å²) < 4.78 is 192. The Morgan fingerprint density at radius 3 is 1.18 bits per heavy atom. The number of fused-ring (bicyclic) bond motifs is 4. The number of esters is 10. The van der Waals surface area contributed by atoms with Crippen molar-refractivity contribution < 1.29 is 147 Å². The van der Waals surface area contributed by atoms with Gasteiger partial charge in [0.05, 0.1) is 109 Å². The van der Waals surface area contributed by atoms with E-state index in [4.69, 9.17) is 47.4 Å². The molecule has 18 atom stereocenters. The summed E-state index contributed by atoms with van der Waals surface area (Å²) in [7, 11) is -17.9. The topological polar surface area (TPSA) is 492 Å². The summed E-state index contributed by atoms with van der Waals surface area (Å²) in [6, 6.07) is 14.8. The van der Waals surface area contributed by atoms with Crippen molar-refractivity contribution in [1.82, 2.24) is 0 Å². The van der Waals surface area contributed by atoms with E-state index in [1.165, 1.54) is 0 Å². The van der Waals surface area contributed by atoms with Gasteiger partial charge in [-0.15, -0.1) is 0 Å². The van der Waals surface area contributed by atoms with Gasteiger partial charge < -0.3 is 65.6 Å². The molecule has 13 rings (SSSR count). The lowest BCUT2D eigenvalue weighted by atomic mass is 9.78. The Labute approximate surface area is 833 Å². The maximum atomic E-state index is 12.9. The molecule has 0 N–H and O–H groups in total. The zero-order valence-corrected chi connectivity index (χ0v) is 88.4. The summed E-state index contributed by atoms with van der Waals surface area (Å²) in [5.74, 6) is -14.2. The first-order chi connectivity index (χ1) is 54.6. The predicted octanol–water partition coefficient (Wildman–Crippen LogP) is 10.3. The van der Waals surface area contributed by atoms with Gasteiger partial charge in [-0.1, -0.05) is 0 Å². The minimum Gasteiger partial charge on any atom is -0.748 e. The molecule has 0 aromatic heterocycles. The molecule has 9 aliphatic rings. The summed E-state index contributed by atoms with van der Waals surface area (Å²) in [6.07, 6.45) is 1.59. The molecular weight excluding hydrogens is 2990 g/mol. The molecule has 4 aromatic rings. The van der Waals surface area contributed by atoms with Crippen LogP contribution in [0.2, 0.25) is 0 Å². The van der Waals surface area contributed by atoms with Crippen LogP contribution in [-0.4, -0.2) is 198 Å². The molecule has 2 saturated heterocycles. The minimum atomic E-state index is -4.53. The van der Waals surface area contributed by atoms with Gasteiger partial charge in [0.2, 0.25) is 0 Å². The number of carbonyl (C=O) groups excluding carboxylic acids is 10. The van der Waals surface area contributed by atoms with E-state index in [1.54, 1.807) is 24.3 Å². The van der Waals surface area contributed by atoms with Crippen LogP contribution in [0.5, 0.6) is 0 Å². The lowest BCUT2D eigenvalue weighted by Gasteiger charge is -2.30. The van der Waals surface area contributed by atoms with Crippen LogP contribution in [0.25, 0.3) is 0 Å². The van der Waals surface area contributed by atoms with Crippen molar-refractivity contribution >= 4 is 371 Å². The number of hydrogen-bond donors (Lipinski definition) is 0. The highest BCUT2D eigenvalue weighted by Crippen LogP contribution is 2.61. The molecular formula is C69H60I12O32S4-4. The molecule has 7 aliphatic carbocycles. The Morgan fingerprint density at radius 1 is 0.376 bits per heavy atom. The smallest absolute Gasteiger partial charge is 0.339 e. The largest absolute Gasteiger partial charge is 0.748 e. The van der Waals surface area contributed by atoms with E-state index in [0.717, 1.165) is 49.3 Å². The second-order valence-electron chi connectivity index (χ2n) is 28.2. The zero-order valence-electron chi connectivity index (χ0n) is 59.3. The minimum absolute atomic E-state index is 0.134. The van der Waals surface area contributed by atoms with Crippen LogP contribution in [0.4, 0.5) is 0 Å². The van der Waals surface area contributed by atoms with Gasteiger partial charge in [-0.05, 0) is 383 Å². The monoisotopic (exact) mass is 3050 g/mol. The van der Waals surface area contributed by atoms with Crippen LogP contribution in [-0.2, 0) is 117 Å². The van der Waals surface area contributed by atoms with Crippen molar-refractivity contribution in [3.63, 3.8) is 0 Å². The average Bonchev–Trinajstić information content (AvgIpc) is 1.55. The summed E-state index contributed by atoms with van der Waals surface area (Å²) in [4.78, 5) is 126. The number of ether oxygens (including phenoxy) is 10. The third kappa shape index (κ3) is 25.7. The van der Waals surface area contributed by atoms with Gasteiger partial charge in [0.25, 0.3) is 0 Å². The molecule has 2 aliphatic heterocycles. The fourth-order valence-corrected chi connectivity index (χ4v) is 26.7. The Hall–Kier alpha value is -0.0200. The standard InChI is InChI=1S/2C18H15I3O9S.C17H17I3O7S.C16H17I3O7S/c19-6-3-9(13(21)10(20)4-6)16(22)29-15-7-5-8-12(15)18(24)30-14(8)11(7)17(23)28-1-2-31(25,26)27;19-6-3-9(13(21)10(20)4-6)16(22)29-14-7-5-8-12(18(24)30-15(8)14)11(7)17(23)28-1-2-31(25,26)27;18-9-6-12(15(20)13(19)7-9)17(22)27-14-5-8-3-10(14)11(4-8)16(21)26-1-2-28(23,24)25;17-10-7-12(14(19)13(18)8-10)16(21)26-11-3-1-2-9(6-11)15(20)25-4-5-27(22,23)24/h2*3-4,7-8,11-12,14-15H,1-2,5H2,(H,25,26,27);6-8,10-11,14H,1-5H2,(H,23,24,25);7-9,11H,1-6H2,(H,22,23,24)/p-4. The highest BCUT2D eigenvalue weighted by Gasteiger charge is 2.72. The first-order valence-electron chi connectivity index (χ1n) is 34.8. The number of carbonyl (C=O) groups is 10. The molecule has 640 valence electrons. The van der Waals surface area contributed by atoms with Crippen LogP contribution in [0, 0.1) is 114 Å². The number of hydrogen-bond acceptors (Lipinski definition) is 32. The first-order valence-corrected chi connectivity index (χ1v) is 54.1. The maximum Gasteiger partial charge on any atom is 0.339 e. The summed E-state index contributed by atoms with van der Waals surface area (Å²) in [5, 5.41) is 0. The highest BCUT2D eigenvalue weighted by molar-refractivity contribution is 14.1. The molecule has 7 saturated carbocycles. The predicted molar refractivity (Wildman–Crippen MR) is 500 cm³/mol. The van der Waals surface area contributed by atoms with Gasteiger partial charge in [0.15, 0.2) is 0 Å². The maximum absolute atomic E-state index is 12.9. The zero-order chi connectivity index (χ0) is 86.2. The Kier molecular flexibility index (Phi) is 35.6. The SMILES string of the molecule is O=C(OC1C2CC3C(OC(=O)C31)C2C(=O)OCCS(=O)(=O)[O-])c1cc(I)cc(I)c1I.O=C(OC1C2CC3C1OC(=O)C3C2C(=O)OCCS(=O)(=O)[O-])c1cc(I)cc(I)c1I.O=C(OC1CC2CC(C(=O)OCCS(=O)(=O)[O-])C1C2)c1cc(I)cc(I)c1I.O=C(OC1CCCC(C(=O)OCCS(=O)(=O)[O-])C1)c1cc(I)cc(I)c1I. The average molecular weight is 3050 g/mol. The molecule has 2 heterocycles. The lowest BCUT2D eigenvalue weighted by Crippen LogP contribution is -2.44. The van der Waals surface area contributed by atoms with Gasteiger partial charge in [-0.2, -0.15) is 0 Å². The molecule has 0 spiro atoms. The van der Waals surface area contributed by atoms with Gasteiger partial charge in [0, 0.05) is 72.4 Å². The third-order valence-electron chi connectivity index (χ3n) is 20.8. The molecule has 4 aromatic carbocycles. The summed E-state index contributed by atoms with van der Waals surface area (Å²) in [5.41, 5.74) is 1.78. The lowest BCUT2D eigenvalue weighted by molar-refractivity contribution is -0.157. The second-order valence-corrected chi connectivity index (χ2v) is 48.2. The summed E-state index contributed by atoms with van der Waals surface area (Å²) in [6.45, 7) is -2.06. The molecule has 117 heavy (non-hydrogen) atoms. The van der Waals surface area contributed by atoms with Crippen molar-refractivity contribution in [2.75, 3.05) is 49.4 Å². The van der Waals surface area contributed by atoms with Crippen molar-refractivity contribution in [1.29, 1.82) is 0 Å². The molecule has 0 amide bonds. The molecule has 18 unspecified atom stereocenters. The van der Waals surface area contributed by atoms with E-state index in [-0.39, 0.29) is 29.8 Å². The van der Waals surface area contributed by atoms with Crippen LogP contribution in [0.15, 0.2) is 48.5 Å². The third-order valence-corrected chi connectivity index (χ3v) is 38.2. The van der Waals surface area contributed by atoms with E-state index in [2.05, 4.69) is 271 Å². The van der Waals surface area contributed by atoms with Gasteiger partial charge >= 0.3 is 59.7 Å². The number of rotatable bonds is 24. The number of benzene rings is 4. The van der Waals surface area contributed by atoms with Crippen molar-refractivity contribution in [3.8, 4) is 0 Å². The van der Waals surface area contributed by atoms with E-state index >= 15 is 0 Å². The van der Waals surface area contributed by atoms with Gasteiger partial charge in [-0.3, -0.25) is 28.8 Å². The quantitative estimate of drug-likeness (QED) is 0.0207. The van der Waals surface area contributed by atoms with Crippen molar-refractivity contribution in [2.45, 2.75) is 94.4 Å². The second kappa shape index (κ2) is 42.0. The van der Waals surface area contributed by atoms with Crippen molar-refractivity contribution in [3.05, 3.63) is 114 Å². The molecule has 6 bridgehead atoms. The molecule has 32 nitrogen and oxygen atoms in total. The first kappa shape index (κ1) is 99.1. The van der Waals surface area contributed by atoms with Crippen molar-refractivity contribution in [2.24, 2.45) is 71.0 Å². The Morgan fingerprint density at radius 2 is 0.744 bits per heavy atom. The van der Waals surface area contributed by atoms with E-state index in [0.29, 0.717) is 73.6 Å². The summed E-state index contributed by atoms with van der Waals surface area (Å²) >= 11 is 25.4. The van der Waals surface area contributed by atoms with Crippen LogP contribution in [0.1, 0.15) is 99.2 Å². The molecule has 9 fully saturated rings. The molecule has 48 heteroatoms. The number of halogens is 12. The Balaban J connectivity index is 0.000000165.